The van der Waals surface area contributed by atoms with E-state index in [2.05, 4.69) is 10.2 Å². The van der Waals surface area contributed by atoms with Gasteiger partial charge in [-0.15, -0.1) is 0 Å². The number of nitrogens with one attached hydrogen (secondary N) is 2. The van der Waals surface area contributed by atoms with E-state index in [4.69, 9.17) is 27.9 Å². The molecule has 13 heteroatoms. The zero-order chi connectivity index (χ0) is 24.9. The Morgan fingerprint density at radius 2 is 1.79 bits per heavy atom. The molecule has 1 fully saturated rings. The molecular weight excluding hydrogens is 518 g/mol. The maximum absolute atomic E-state index is 12.8. The van der Waals surface area contributed by atoms with E-state index in [0.29, 0.717) is 41.5 Å². The number of urea groups is 1. The van der Waals surface area contributed by atoms with Gasteiger partial charge in [-0.25, -0.2) is 17.9 Å². The van der Waals surface area contributed by atoms with Gasteiger partial charge in [-0.05, 0) is 43.2 Å². The lowest BCUT2D eigenvalue weighted by Crippen LogP contribution is -2.45. The van der Waals surface area contributed by atoms with Gasteiger partial charge in [0.1, 0.15) is 11.9 Å². The van der Waals surface area contributed by atoms with E-state index < -0.39 is 32.7 Å². The highest BCUT2D eigenvalue weighted by Crippen LogP contribution is 2.30. The third-order valence-corrected chi connectivity index (χ3v) is 7.21. The summed E-state index contributed by atoms with van der Waals surface area (Å²) < 4.78 is 70.5. The summed E-state index contributed by atoms with van der Waals surface area (Å²) in [7, 11) is -4.45. The van der Waals surface area contributed by atoms with Crippen LogP contribution in [0.1, 0.15) is 18.4 Å². The van der Waals surface area contributed by atoms with Gasteiger partial charge in [-0.1, -0.05) is 29.3 Å². The minimum Gasteiger partial charge on any atom is -0.490 e. The van der Waals surface area contributed by atoms with Gasteiger partial charge in [-0.3, -0.25) is 0 Å². The fourth-order valence-electron chi connectivity index (χ4n) is 3.38. The number of nitrogens with zero attached hydrogens (tertiary/aromatic N) is 1. The number of carbonyl (C=O) groups is 1. The Hall–Kier alpha value is -2.21. The van der Waals surface area contributed by atoms with Crippen molar-refractivity contribution in [2.45, 2.75) is 30.0 Å². The Morgan fingerprint density at radius 1 is 1.09 bits per heavy atom. The molecule has 0 atom stereocenters. The minimum absolute atomic E-state index is 0.00218. The third-order valence-electron chi connectivity index (χ3n) is 5.14. The molecule has 0 aromatic heterocycles. The highest BCUT2D eigenvalue weighted by Gasteiger charge is 2.32. The topological polar surface area (TPSA) is 87.7 Å². The third kappa shape index (κ3) is 7.39. The fourth-order valence-corrected chi connectivity index (χ4v) is 4.64. The molecule has 1 saturated heterocycles. The van der Waals surface area contributed by atoms with E-state index in [1.165, 1.54) is 0 Å². The Balaban J connectivity index is 1.41. The number of piperidine rings is 1. The molecule has 2 amide bonds. The molecule has 0 bridgehead atoms. The predicted octanol–water partition coefficient (Wildman–Crippen LogP) is 4.54. The number of hydrogen-bond donors (Lipinski definition) is 2. The summed E-state index contributed by atoms with van der Waals surface area (Å²) >= 11 is 11.9. The van der Waals surface area contributed by atoms with E-state index in [-0.39, 0.29) is 12.6 Å². The van der Waals surface area contributed by atoms with E-state index in [1.54, 1.807) is 22.9 Å². The summed E-state index contributed by atoms with van der Waals surface area (Å²) in [5.41, 5.74) is -1.12. The molecule has 0 radical (unpaired) electrons. The Labute approximate surface area is 205 Å². The summed E-state index contributed by atoms with van der Waals surface area (Å²) in [4.78, 5) is 13.4. The van der Waals surface area contributed by atoms with Crippen LogP contribution in [0.15, 0.2) is 47.4 Å². The standard InChI is InChI=1S/C21H22Cl2F3N3O4S/c22-18-5-4-16(13-19(18)23)33-15-6-9-29(10-7-15)11-8-27-20(30)28-34(31,32)17-3-1-2-14(12-17)21(24,25)26/h1-5,12-13,15H,6-11H2,(H2,27,28,30). The molecule has 0 aliphatic carbocycles. The molecule has 0 saturated carbocycles. The number of hydrogen-bond acceptors (Lipinski definition) is 5. The van der Waals surface area contributed by atoms with Gasteiger partial charge in [0.15, 0.2) is 0 Å². The van der Waals surface area contributed by atoms with Crippen molar-refractivity contribution in [3.63, 3.8) is 0 Å². The van der Waals surface area contributed by atoms with Crippen molar-refractivity contribution >= 4 is 39.3 Å². The number of alkyl halides is 3. The van der Waals surface area contributed by atoms with Crippen molar-refractivity contribution < 1.29 is 31.1 Å². The molecule has 186 valence electrons. The molecule has 0 unspecified atom stereocenters. The molecule has 0 spiro atoms. The van der Waals surface area contributed by atoms with Crippen LogP contribution >= 0.6 is 23.2 Å². The summed E-state index contributed by atoms with van der Waals surface area (Å²) in [6.45, 7) is 2.04. The van der Waals surface area contributed by atoms with Crippen LogP contribution in [0.2, 0.25) is 10.0 Å². The van der Waals surface area contributed by atoms with Gasteiger partial charge in [0, 0.05) is 32.2 Å². The van der Waals surface area contributed by atoms with Crippen molar-refractivity contribution in [2.75, 3.05) is 26.2 Å². The van der Waals surface area contributed by atoms with Gasteiger partial charge in [0.25, 0.3) is 10.0 Å². The second kappa shape index (κ2) is 11.0. The number of sulfonamides is 1. The van der Waals surface area contributed by atoms with Crippen LogP contribution in [0.5, 0.6) is 5.75 Å². The van der Waals surface area contributed by atoms with Crippen LogP contribution in [-0.4, -0.2) is 51.6 Å². The maximum atomic E-state index is 12.8. The predicted molar refractivity (Wildman–Crippen MR) is 122 cm³/mol. The number of halogens is 5. The monoisotopic (exact) mass is 539 g/mol. The SMILES string of the molecule is O=C(NCCN1CCC(Oc2ccc(Cl)c(Cl)c2)CC1)NS(=O)(=O)c1cccc(C(F)(F)F)c1. The summed E-state index contributed by atoms with van der Waals surface area (Å²) in [6.07, 6.45) is -3.21. The van der Waals surface area contributed by atoms with Gasteiger partial charge >= 0.3 is 12.2 Å². The molecule has 1 aliphatic rings. The quantitative estimate of drug-likeness (QED) is 0.539. The smallest absolute Gasteiger partial charge is 0.416 e. The molecule has 2 N–H and O–H groups in total. The first-order valence-corrected chi connectivity index (χ1v) is 12.5. The van der Waals surface area contributed by atoms with E-state index in [9.17, 15) is 26.4 Å². The Morgan fingerprint density at radius 3 is 2.44 bits per heavy atom. The number of benzene rings is 2. The molecule has 3 rings (SSSR count). The van der Waals surface area contributed by atoms with Crippen molar-refractivity contribution in [3.8, 4) is 5.75 Å². The average molecular weight is 540 g/mol. The molecule has 7 nitrogen and oxygen atoms in total. The lowest BCUT2D eigenvalue weighted by molar-refractivity contribution is -0.137. The molecule has 1 aliphatic heterocycles. The van der Waals surface area contributed by atoms with Crippen LogP contribution in [0.3, 0.4) is 0 Å². The zero-order valence-corrected chi connectivity index (χ0v) is 20.1. The summed E-state index contributed by atoms with van der Waals surface area (Å²) in [5, 5.41) is 3.27. The average Bonchev–Trinajstić information content (AvgIpc) is 2.77. The van der Waals surface area contributed by atoms with Crippen molar-refractivity contribution in [1.29, 1.82) is 0 Å². The van der Waals surface area contributed by atoms with Crippen LogP contribution < -0.4 is 14.8 Å². The van der Waals surface area contributed by atoms with Gasteiger partial charge in [0.2, 0.25) is 0 Å². The van der Waals surface area contributed by atoms with Crippen LogP contribution in [0.25, 0.3) is 0 Å². The van der Waals surface area contributed by atoms with Crippen LogP contribution in [0.4, 0.5) is 18.0 Å². The maximum Gasteiger partial charge on any atom is 0.416 e. The fraction of sp³-hybridized carbons (Fsp3) is 0.381. The normalized spacial score (nSPS) is 15.7. The minimum atomic E-state index is -4.70. The van der Waals surface area contributed by atoms with E-state index >= 15 is 0 Å². The first-order chi connectivity index (χ1) is 15.9. The number of likely N-dealkylation sites (tertiary alicyclic amines) is 1. The van der Waals surface area contributed by atoms with Gasteiger partial charge in [-0.2, -0.15) is 13.2 Å². The highest BCUT2D eigenvalue weighted by atomic mass is 35.5. The van der Waals surface area contributed by atoms with Crippen molar-refractivity contribution in [3.05, 3.63) is 58.1 Å². The zero-order valence-electron chi connectivity index (χ0n) is 17.7. The first kappa shape index (κ1) is 26.4. The number of carbonyl (C=O) groups excluding carboxylic acids is 1. The van der Waals surface area contributed by atoms with Crippen molar-refractivity contribution in [1.82, 2.24) is 14.9 Å². The summed E-state index contributed by atoms with van der Waals surface area (Å²) in [5.74, 6) is 0.633. The molecule has 2 aromatic carbocycles. The Kier molecular flexibility index (Phi) is 8.56. The second-order valence-electron chi connectivity index (χ2n) is 7.62. The van der Waals surface area contributed by atoms with Gasteiger partial charge in [0.05, 0.1) is 20.5 Å². The first-order valence-electron chi connectivity index (χ1n) is 10.3. The van der Waals surface area contributed by atoms with Crippen LogP contribution in [-0.2, 0) is 16.2 Å². The molecular formula is C21H22Cl2F3N3O4S. The lowest BCUT2D eigenvalue weighted by Gasteiger charge is -2.32. The number of rotatable bonds is 7. The molecule has 34 heavy (non-hydrogen) atoms. The number of ether oxygens (including phenoxy) is 1. The van der Waals surface area contributed by atoms with Crippen molar-refractivity contribution in [2.24, 2.45) is 0 Å². The Bertz CT molecular complexity index is 1120. The van der Waals surface area contributed by atoms with Crippen LogP contribution in [0, 0.1) is 0 Å². The molecule has 2 aromatic rings. The second-order valence-corrected chi connectivity index (χ2v) is 10.1. The number of amides is 2. The summed E-state index contributed by atoms with van der Waals surface area (Å²) in [6, 6.07) is 7.22. The highest BCUT2D eigenvalue weighted by molar-refractivity contribution is 7.90. The largest absolute Gasteiger partial charge is 0.490 e. The lowest BCUT2D eigenvalue weighted by atomic mass is 10.1. The van der Waals surface area contributed by atoms with E-state index in [0.717, 1.165) is 31.0 Å². The van der Waals surface area contributed by atoms with E-state index in [1.807, 2.05) is 0 Å². The van der Waals surface area contributed by atoms with Gasteiger partial charge < -0.3 is 15.0 Å². The molecule has 1 heterocycles.